The van der Waals surface area contributed by atoms with Gasteiger partial charge in [-0.15, -0.1) is 0 Å². The highest BCUT2D eigenvalue weighted by molar-refractivity contribution is 14.1. The summed E-state index contributed by atoms with van der Waals surface area (Å²) in [4.78, 5) is 29.9. The SMILES string of the molecule is CC[C@H](C)NC(=O)[C@@H](Cc1ccccc1)N(Cc1ccc(Cl)cc1Cl)C(=O)CN(c1ccc(I)cc1)S(=O)(=O)c1ccccc1. The number of carbonyl (C=O) groups excluding carboxylic acids is 2. The highest BCUT2D eigenvalue weighted by Gasteiger charge is 2.35. The van der Waals surface area contributed by atoms with Gasteiger partial charge in [-0.3, -0.25) is 13.9 Å². The standard InChI is InChI=1S/C34H34Cl2IN3O4S/c1-3-24(2)38-34(42)32(20-25-10-6-4-7-11-25)39(22-26-14-15-27(35)21-31(26)36)33(41)23-40(29-18-16-28(37)17-19-29)45(43,44)30-12-8-5-9-13-30/h4-19,21,24,32H,3,20,22-23H2,1-2H3,(H,38,42)/t24-,32+/m0/s1. The van der Waals surface area contributed by atoms with Crippen LogP contribution in [0.2, 0.25) is 10.0 Å². The molecule has 0 heterocycles. The molecular weight excluding hydrogens is 744 g/mol. The van der Waals surface area contributed by atoms with Gasteiger partial charge >= 0.3 is 0 Å². The quantitative estimate of drug-likeness (QED) is 0.144. The highest BCUT2D eigenvalue weighted by atomic mass is 127. The second kappa shape index (κ2) is 15.9. The van der Waals surface area contributed by atoms with E-state index in [1.165, 1.54) is 17.0 Å². The van der Waals surface area contributed by atoms with Gasteiger partial charge in [0.15, 0.2) is 0 Å². The second-order valence-electron chi connectivity index (χ2n) is 10.6. The normalized spacial score (nSPS) is 12.6. The Hall–Kier alpha value is -3.12. The smallest absolute Gasteiger partial charge is 0.264 e. The van der Waals surface area contributed by atoms with Gasteiger partial charge in [0.05, 0.1) is 10.6 Å². The second-order valence-corrected chi connectivity index (χ2v) is 14.5. The van der Waals surface area contributed by atoms with E-state index in [1.54, 1.807) is 60.7 Å². The minimum Gasteiger partial charge on any atom is -0.352 e. The van der Waals surface area contributed by atoms with Crippen molar-refractivity contribution in [2.45, 2.75) is 50.2 Å². The number of sulfonamides is 1. The van der Waals surface area contributed by atoms with Crippen molar-refractivity contribution in [3.05, 3.63) is 128 Å². The molecule has 1 N–H and O–H groups in total. The first kappa shape index (κ1) is 34.7. The Morgan fingerprint density at radius 3 is 2.11 bits per heavy atom. The third-order valence-corrected chi connectivity index (χ3v) is 10.4. The molecule has 0 bridgehead atoms. The molecule has 0 unspecified atom stereocenters. The van der Waals surface area contributed by atoms with Crippen LogP contribution in [0, 0.1) is 3.57 Å². The number of hydrogen-bond acceptors (Lipinski definition) is 4. The maximum atomic E-state index is 14.5. The van der Waals surface area contributed by atoms with E-state index in [0.29, 0.717) is 27.7 Å². The van der Waals surface area contributed by atoms with Crippen LogP contribution in [0.3, 0.4) is 0 Å². The van der Waals surface area contributed by atoms with Crippen LogP contribution in [0.15, 0.2) is 108 Å². The molecular formula is C34H34Cl2IN3O4S. The van der Waals surface area contributed by atoms with Crippen LogP contribution in [0.5, 0.6) is 0 Å². The summed E-state index contributed by atoms with van der Waals surface area (Å²) >= 11 is 14.9. The van der Waals surface area contributed by atoms with E-state index in [2.05, 4.69) is 27.9 Å². The topological polar surface area (TPSA) is 86.8 Å². The number of hydrogen-bond donors (Lipinski definition) is 1. The maximum Gasteiger partial charge on any atom is 0.264 e. The number of nitrogens with zero attached hydrogens (tertiary/aromatic N) is 2. The molecule has 11 heteroatoms. The Morgan fingerprint density at radius 1 is 0.889 bits per heavy atom. The molecule has 7 nitrogen and oxygen atoms in total. The van der Waals surface area contributed by atoms with Gasteiger partial charge in [0.25, 0.3) is 10.0 Å². The first-order chi connectivity index (χ1) is 21.5. The average Bonchev–Trinajstić information content (AvgIpc) is 3.03. The lowest BCUT2D eigenvalue weighted by molar-refractivity contribution is -0.140. The predicted molar refractivity (Wildman–Crippen MR) is 189 cm³/mol. The molecule has 0 aromatic heterocycles. The molecule has 2 atom stereocenters. The third kappa shape index (κ3) is 9.22. The van der Waals surface area contributed by atoms with Crippen LogP contribution in [-0.4, -0.2) is 43.8 Å². The number of amides is 2. The van der Waals surface area contributed by atoms with Crippen LogP contribution < -0.4 is 9.62 Å². The molecule has 0 radical (unpaired) electrons. The lowest BCUT2D eigenvalue weighted by atomic mass is 10.0. The van der Waals surface area contributed by atoms with E-state index in [9.17, 15) is 18.0 Å². The van der Waals surface area contributed by atoms with Crippen LogP contribution in [-0.2, 0) is 32.6 Å². The molecule has 4 rings (SSSR count). The summed E-state index contributed by atoms with van der Waals surface area (Å²) in [5.41, 5.74) is 1.73. The number of carbonyl (C=O) groups is 2. The van der Waals surface area contributed by atoms with E-state index in [-0.39, 0.29) is 29.8 Å². The lowest BCUT2D eigenvalue weighted by Gasteiger charge is -2.34. The molecule has 0 aliphatic heterocycles. The molecule has 0 fully saturated rings. The Balaban J connectivity index is 1.82. The molecule has 0 aliphatic rings. The largest absolute Gasteiger partial charge is 0.352 e. The summed E-state index contributed by atoms with van der Waals surface area (Å²) in [7, 11) is -4.17. The van der Waals surface area contributed by atoms with Gasteiger partial charge in [-0.05, 0) is 95.6 Å². The molecule has 236 valence electrons. The van der Waals surface area contributed by atoms with Crippen molar-refractivity contribution in [3.63, 3.8) is 0 Å². The van der Waals surface area contributed by atoms with Gasteiger partial charge in [0.2, 0.25) is 11.8 Å². The third-order valence-electron chi connectivity index (χ3n) is 7.35. The van der Waals surface area contributed by atoms with E-state index in [4.69, 9.17) is 23.2 Å². The van der Waals surface area contributed by atoms with E-state index in [1.807, 2.05) is 44.2 Å². The van der Waals surface area contributed by atoms with Gasteiger partial charge in [-0.25, -0.2) is 8.42 Å². The zero-order chi connectivity index (χ0) is 32.6. The minimum atomic E-state index is -4.17. The van der Waals surface area contributed by atoms with Crippen molar-refractivity contribution in [2.75, 3.05) is 10.8 Å². The number of nitrogens with one attached hydrogen (secondary N) is 1. The first-order valence-corrected chi connectivity index (χ1v) is 17.7. The van der Waals surface area contributed by atoms with Crippen molar-refractivity contribution < 1.29 is 18.0 Å². The molecule has 0 spiro atoms. The molecule has 45 heavy (non-hydrogen) atoms. The summed E-state index contributed by atoms with van der Waals surface area (Å²) in [6.45, 7) is 3.25. The number of anilines is 1. The van der Waals surface area contributed by atoms with Crippen molar-refractivity contribution >= 4 is 73.3 Å². The monoisotopic (exact) mass is 777 g/mol. The molecule has 4 aromatic carbocycles. The zero-order valence-corrected chi connectivity index (χ0v) is 29.4. The van der Waals surface area contributed by atoms with Crippen molar-refractivity contribution in [3.8, 4) is 0 Å². The fraction of sp³-hybridized carbons (Fsp3) is 0.235. The Bertz CT molecular complexity index is 1710. The maximum absolute atomic E-state index is 14.5. The number of benzene rings is 4. The van der Waals surface area contributed by atoms with Gasteiger partial charge in [0, 0.05) is 32.6 Å². The van der Waals surface area contributed by atoms with Crippen LogP contribution >= 0.6 is 45.8 Å². The van der Waals surface area contributed by atoms with Crippen LogP contribution in [0.1, 0.15) is 31.4 Å². The fourth-order valence-electron chi connectivity index (χ4n) is 4.68. The minimum absolute atomic E-state index is 0.0407. The first-order valence-electron chi connectivity index (χ1n) is 14.4. The summed E-state index contributed by atoms with van der Waals surface area (Å²) in [6, 6.07) is 28.0. The Labute approximate surface area is 288 Å². The summed E-state index contributed by atoms with van der Waals surface area (Å²) < 4.78 is 30.1. The van der Waals surface area contributed by atoms with E-state index in [0.717, 1.165) is 13.4 Å². The predicted octanol–water partition coefficient (Wildman–Crippen LogP) is 7.35. The average molecular weight is 779 g/mol. The zero-order valence-electron chi connectivity index (χ0n) is 24.9. The Morgan fingerprint density at radius 2 is 1.51 bits per heavy atom. The lowest BCUT2D eigenvalue weighted by Crippen LogP contribution is -2.54. The number of rotatable bonds is 13. The van der Waals surface area contributed by atoms with Crippen molar-refractivity contribution in [2.24, 2.45) is 0 Å². The molecule has 0 saturated carbocycles. The fourth-order valence-corrected chi connectivity index (χ4v) is 6.95. The number of halogens is 3. The molecule has 0 saturated heterocycles. The van der Waals surface area contributed by atoms with Gasteiger partial charge in [0.1, 0.15) is 12.6 Å². The van der Waals surface area contributed by atoms with Gasteiger partial charge in [-0.2, -0.15) is 0 Å². The summed E-state index contributed by atoms with van der Waals surface area (Å²) in [5.74, 6) is -0.919. The van der Waals surface area contributed by atoms with Crippen LogP contribution in [0.4, 0.5) is 5.69 Å². The summed E-state index contributed by atoms with van der Waals surface area (Å²) in [6.07, 6.45) is 0.895. The molecule has 2 amide bonds. The highest BCUT2D eigenvalue weighted by Crippen LogP contribution is 2.27. The van der Waals surface area contributed by atoms with Crippen molar-refractivity contribution in [1.82, 2.24) is 10.2 Å². The molecule has 4 aromatic rings. The summed E-state index contributed by atoms with van der Waals surface area (Å²) in [5, 5.41) is 3.78. The van der Waals surface area contributed by atoms with Gasteiger partial charge < -0.3 is 10.2 Å². The van der Waals surface area contributed by atoms with E-state index < -0.39 is 28.5 Å². The van der Waals surface area contributed by atoms with Gasteiger partial charge in [-0.1, -0.05) is 84.7 Å². The van der Waals surface area contributed by atoms with Crippen molar-refractivity contribution in [1.29, 1.82) is 0 Å². The molecule has 0 aliphatic carbocycles. The van der Waals surface area contributed by atoms with Crippen LogP contribution in [0.25, 0.3) is 0 Å². The van der Waals surface area contributed by atoms with E-state index >= 15 is 0 Å². The Kier molecular flexibility index (Phi) is 12.3.